The Kier molecular flexibility index (Phi) is 7.35. The number of methoxy groups -OCH3 is 1. The van der Waals surface area contributed by atoms with Crippen molar-refractivity contribution in [1.82, 2.24) is 15.8 Å². The average molecular weight is 566 g/mol. The molecule has 0 spiro atoms. The van der Waals surface area contributed by atoms with Crippen molar-refractivity contribution in [3.8, 4) is 0 Å². The topological polar surface area (TPSA) is 130 Å². The highest BCUT2D eigenvalue weighted by atomic mass is 32.3. The van der Waals surface area contributed by atoms with Crippen molar-refractivity contribution in [2.75, 3.05) is 12.9 Å². The molecule has 3 unspecified atom stereocenters. The molecule has 188 valence electrons. The van der Waals surface area contributed by atoms with Gasteiger partial charge in [0.2, 0.25) is 0 Å². The summed E-state index contributed by atoms with van der Waals surface area (Å²) in [6.45, 7) is 9.18. The molecule has 1 amide bonds. The Morgan fingerprint density at radius 1 is 1.15 bits per heavy atom. The number of hydrazone groups is 2. The number of amides is 1. The van der Waals surface area contributed by atoms with Crippen LogP contribution in [-0.2, 0) is 24.2 Å². The third-order valence-corrected chi connectivity index (χ3v) is 12.8. The van der Waals surface area contributed by atoms with Crippen LogP contribution in [0.1, 0.15) is 34.6 Å². The first-order valence-electron chi connectivity index (χ1n) is 10.5. The summed E-state index contributed by atoms with van der Waals surface area (Å²) in [5.74, 6) is -0.597. The predicted octanol–water partition coefficient (Wildman–Crippen LogP) is 2.17. The lowest BCUT2D eigenvalue weighted by molar-refractivity contribution is -0.161. The minimum absolute atomic E-state index is 0.0107. The molecule has 0 aromatic rings. The highest BCUT2D eigenvalue weighted by Gasteiger charge is 2.64. The van der Waals surface area contributed by atoms with Gasteiger partial charge in [0.15, 0.2) is 35.8 Å². The van der Waals surface area contributed by atoms with Gasteiger partial charge < -0.3 is 4.74 Å². The van der Waals surface area contributed by atoms with E-state index in [1.165, 1.54) is 42.4 Å². The fourth-order valence-electron chi connectivity index (χ4n) is 3.73. The molecule has 0 aromatic heterocycles. The number of carbonyl (C=O) groups excluding carboxylic acids is 2. The smallest absolute Gasteiger partial charge is 0.260 e. The maximum absolute atomic E-state index is 13.9. The van der Waals surface area contributed by atoms with Crippen LogP contribution in [0.15, 0.2) is 21.5 Å². The fraction of sp³-hybridized carbons (Fsp3) is 0.684. The Bertz CT molecular complexity index is 1100. The maximum atomic E-state index is 13.9. The van der Waals surface area contributed by atoms with E-state index in [1.54, 1.807) is 20.8 Å². The summed E-state index contributed by atoms with van der Waals surface area (Å²) in [6.07, 6.45) is -1.14. The summed E-state index contributed by atoms with van der Waals surface area (Å²) in [5.41, 5.74) is 5.62. The zero-order chi connectivity index (χ0) is 25.0. The first-order valence-corrected chi connectivity index (χ1v) is 15.7. The van der Waals surface area contributed by atoms with E-state index >= 15 is 0 Å². The molecule has 10 nitrogen and oxygen atoms in total. The quantitative estimate of drug-likeness (QED) is 0.476. The second-order valence-electron chi connectivity index (χ2n) is 9.07. The van der Waals surface area contributed by atoms with Crippen LogP contribution in [0.4, 0.5) is 0 Å². The first kappa shape index (κ1) is 26.2. The van der Waals surface area contributed by atoms with E-state index in [0.29, 0.717) is 9.95 Å². The van der Waals surface area contributed by atoms with Gasteiger partial charge in [0.1, 0.15) is 4.58 Å². The summed E-state index contributed by atoms with van der Waals surface area (Å²) in [6, 6.07) is 0. The third-order valence-electron chi connectivity index (χ3n) is 5.40. The summed E-state index contributed by atoms with van der Waals surface area (Å²) < 4.78 is 33.2. The van der Waals surface area contributed by atoms with Crippen molar-refractivity contribution in [2.45, 2.75) is 61.4 Å². The van der Waals surface area contributed by atoms with Gasteiger partial charge in [-0.05, 0) is 19.4 Å². The molecule has 15 heteroatoms. The van der Waals surface area contributed by atoms with Gasteiger partial charge in [0, 0.05) is 18.3 Å². The number of fused-ring (bicyclic) bond motifs is 1. The van der Waals surface area contributed by atoms with Crippen LogP contribution in [0.3, 0.4) is 0 Å². The number of allylic oxidation sites excluding steroid dienone is 1. The van der Waals surface area contributed by atoms with E-state index in [-0.39, 0.29) is 28.0 Å². The molecule has 5 atom stereocenters. The SMILES string of the molecule is CO[C@H]1C(=O)N2C(C(=O)C(C)(C)C)=C(CSC3=NNC(C)S3)[C@@H](SC3=NNC(C)S3)S(=O)(=O)C12. The van der Waals surface area contributed by atoms with E-state index in [0.717, 1.165) is 21.0 Å². The molecule has 2 N–H and O–H groups in total. The first-order chi connectivity index (χ1) is 15.9. The van der Waals surface area contributed by atoms with Crippen LogP contribution in [-0.4, -0.2) is 73.4 Å². The van der Waals surface area contributed by atoms with Gasteiger partial charge in [-0.25, -0.2) is 8.42 Å². The van der Waals surface area contributed by atoms with Crippen LogP contribution in [0, 0.1) is 5.41 Å². The molecular weight excluding hydrogens is 539 g/mol. The lowest BCUT2D eigenvalue weighted by Crippen LogP contribution is -2.72. The summed E-state index contributed by atoms with van der Waals surface area (Å²) >= 11 is 5.40. The van der Waals surface area contributed by atoms with E-state index in [1.807, 2.05) is 13.8 Å². The highest BCUT2D eigenvalue weighted by molar-refractivity contribution is 8.42. The monoisotopic (exact) mass is 565 g/mol. The van der Waals surface area contributed by atoms with Gasteiger partial charge in [-0.3, -0.25) is 25.3 Å². The van der Waals surface area contributed by atoms with Crippen molar-refractivity contribution in [3.63, 3.8) is 0 Å². The molecule has 1 saturated heterocycles. The molecule has 4 aliphatic heterocycles. The number of rotatable bonds is 5. The van der Waals surface area contributed by atoms with Crippen molar-refractivity contribution in [3.05, 3.63) is 11.3 Å². The zero-order valence-electron chi connectivity index (χ0n) is 19.5. The van der Waals surface area contributed by atoms with E-state index in [9.17, 15) is 18.0 Å². The fourth-order valence-corrected chi connectivity index (χ4v) is 11.4. The van der Waals surface area contributed by atoms with Crippen molar-refractivity contribution in [1.29, 1.82) is 0 Å². The molecule has 0 aromatic carbocycles. The van der Waals surface area contributed by atoms with Crippen LogP contribution < -0.4 is 10.9 Å². The van der Waals surface area contributed by atoms with E-state index in [4.69, 9.17) is 4.74 Å². The minimum Gasteiger partial charge on any atom is -0.368 e. The molecule has 34 heavy (non-hydrogen) atoms. The summed E-state index contributed by atoms with van der Waals surface area (Å²) in [4.78, 5) is 27.8. The van der Waals surface area contributed by atoms with Crippen LogP contribution in [0.25, 0.3) is 0 Å². The van der Waals surface area contributed by atoms with Gasteiger partial charge >= 0.3 is 0 Å². The van der Waals surface area contributed by atoms with Gasteiger partial charge in [-0.15, -0.1) is 0 Å². The number of hydrogen-bond donors (Lipinski definition) is 2. The summed E-state index contributed by atoms with van der Waals surface area (Å²) in [7, 11) is -2.64. The molecule has 0 saturated carbocycles. The number of thioether (sulfide) groups is 4. The molecule has 1 fully saturated rings. The number of β-lactam (4-membered cyclic amide) rings is 1. The Balaban J connectivity index is 1.82. The van der Waals surface area contributed by atoms with Crippen molar-refractivity contribution < 1.29 is 22.7 Å². The van der Waals surface area contributed by atoms with Gasteiger partial charge in [0.25, 0.3) is 5.91 Å². The van der Waals surface area contributed by atoms with Crippen LogP contribution in [0.5, 0.6) is 0 Å². The van der Waals surface area contributed by atoms with Gasteiger partial charge in [-0.2, -0.15) is 10.2 Å². The number of ether oxygens (including phenoxy) is 1. The molecule has 4 heterocycles. The standard InChI is InChI=1S/C19H27N5O5S5/c1-8-20-22-17(31-8)30-7-10-11(13(25)19(3,4)5)24-14(26)12(29-6)15(24)34(27,28)16(10)33-18-23-21-9(2)32-18/h8-9,12,15-16,20-21H,7H2,1-6H3/t8?,9?,12-,15?,16-/m0/s1. The minimum atomic E-state index is -3.95. The summed E-state index contributed by atoms with van der Waals surface area (Å²) in [5, 5.41) is 7.40. The number of Topliss-reactive ketones (excluding diaryl/α,β-unsaturated/α-hetero) is 1. The maximum Gasteiger partial charge on any atom is 0.260 e. The van der Waals surface area contributed by atoms with Crippen molar-refractivity contribution >= 4 is 77.3 Å². The number of sulfone groups is 1. The zero-order valence-corrected chi connectivity index (χ0v) is 23.6. The Morgan fingerprint density at radius 2 is 1.74 bits per heavy atom. The molecule has 0 radical (unpaired) electrons. The second kappa shape index (κ2) is 9.54. The average Bonchev–Trinajstić information content (AvgIpc) is 3.35. The van der Waals surface area contributed by atoms with Gasteiger partial charge in [0.05, 0.1) is 16.4 Å². The molecular formula is C19H27N5O5S5. The Labute approximate surface area is 216 Å². The molecule has 0 aliphatic carbocycles. The largest absolute Gasteiger partial charge is 0.368 e. The third kappa shape index (κ3) is 4.63. The number of nitrogens with one attached hydrogen (secondary N) is 2. The number of nitrogens with zero attached hydrogens (tertiary/aromatic N) is 3. The van der Waals surface area contributed by atoms with Gasteiger partial charge in [-0.1, -0.05) is 67.8 Å². The Hall–Kier alpha value is -0.870. The lowest BCUT2D eigenvalue weighted by atomic mass is 9.86. The normalized spacial score (nSPS) is 32.5. The predicted molar refractivity (Wildman–Crippen MR) is 141 cm³/mol. The van der Waals surface area contributed by atoms with Crippen LogP contribution >= 0.6 is 47.0 Å². The number of hydrogen-bond acceptors (Lipinski definition) is 13. The number of ketones is 1. The molecule has 4 rings (SSSR count). The second-order valence-corrected chi connectivity index (χ2v) is 16.7. The Morgan fingerprint density at radius 3 is 2.24 bits per heavy atom. The van der Waals surface area contributed by atoms with Crippen LogP contribution in [0.2, 0.25) is 0 Å². The van der Waals surface area contributed by atoms with E-state index in [2.05, 4.69) is 21.1 Å². The highest BCUT2D eigenvalue weighted by Crippen LogP contribution is 2.49. The lowest BCUT2D eigenvalue weighted by Gasteiger charge is -2.51. The molecule has 4 aliphatic rings. The van der Waals surface area contributed by atoms with Crippen molar-refractivity contribution in [2.24, 2.45) is 15.6 Å². The van der Waals surface area contributed by atoms with E-state index < -0.39 is 37.2 Å². The molecule has 0 bridgehead atoms. The number of carbonyl (C=O) groups is 2.